The maximum absolute atomic E-state index is 9.38. The molecule has 0 atom stereocenters. The van der Waals surface area contributed by atoms with Crippen LogP contribution in [0.15, 0.2) is 30.5 Å². The predicted octanol–water partition coefficient (Wildman–Crippen LogP) is 1.79. The molecule has 14 heavy (non-hydrogen) atoms. The highest BCUT2D eigenvalue weighted by Crippen LogP contribution is 2.30. The van der Waals surface area contributed by atoms with Crippen LogP contribution in [0.3, 0.4) is 0 Å². The van der Waals surface area contributed by atoms with Crippen LogP contribution in [0.2, 0.25) is 0 Å². The molecular formula is C10H10N2O2. The number of phenols is 1. The number of nitrogens with zero attached hydrogens (tertiary/aromatic N) is 1. The normalized spacial score (nSPS) is 10.1. The lowest BCUT2D eigenvalue weighted by Crippen LogP contribution is -1.85. The number of H-pyrrole nitrogens is 1. The third-order valence-electron chi connectivity index (χ3n) is 1.99. The second-order valence-corrected chi connectivity index (χ2v) is 2.86. The van der Waals surface area contributed by atoms with Crippen molar-refractivity contribution in [1.82, 2.24) is 10.2 Å². The molecule has 0 spiro atoms. The molecule has 72 valence electrons. The summed E-state index contributed by atoms with van der Waals surface area (Å²) in [5, 5.41) is 16.1. The lowest BCUT2D eigenvalue weighted by Gasteiger charge is -2.04. The molecule has 1 aromatic carbocycles. The lowest BCUT2D eigenvalue weighted by molar-refractivity contribution is 0.373. The van der Waals surface area contributed by atoms with E-state index in [1.54, 1.807) is 24.4 Å². The molecule has 0 aliphatic heterocycles. The second kappa shape index (κ2) is 3.41. The fourth-order valence-electron chi connectivity index (χ4n) is 1.26. The van der Waals surface area contributed by atoms with Crippen LogP contribution in [-0.4, -0.2) is 22.4 Å². The van der Waals surface area contributed by atoms with E-state index in [9.17, 15) is 5.11 Å². The van der Waals surface area contributed by atoms with E-state index in [4.69, 9.17) is 4.74 Å². The molecule has 0 saturated heterocycles. The zero-order valence-electron chi connectivity index (χ0n) is 7.69. The van der Waals surface area contributed by atoms with Crippen LogP contribution >= 0.6 is 0 Å². The molecule has 0 fully saturated rings. The van der Waals surface area contributed by atoms with Gasteiger partial charge in [0.05, 0.1) is 12.8 Å². The number of methoxy groups -OCH3 is 1. The third kappa shape index (κ3) is 1.42. The van der Waals surface area contributed by atoms with E-state index >= 15 is 0 Å². The molecule has 0 bridgehead atoms. The van der Waals surface area contributed by atoms with Crippen molar-refractivity contribution in [1.29, 1.82) is 0 Å². The van der Waals surface area contributed by atoms with Crippen LogP contribution in [0.1, 0.15) is 0 Å². The molecule has 2 rings (SSSR count). The Labute approximate surface area is 81.2 Å². The highest BCUT2D eigenvalue weighted by molar-refractivity contribution is 5.63. The number of hydrogen-bond donors (Lipinski definition) is 2. The average Bonchev–Trinajstić information content (AvgIpc) is 2.71. The van der Waals surface area contributed by atoms with Crippen LogP contribution in [0.25, 0.3) is 11.3 Å². The summed E-state index contributed by atoms with van der Waals surface area (Å²) < 4.78 is 5.00. The van der Waals surface area contributed by atoms with Crippen molar-refractivity contribution in [3.8, 4) is 22.8 Å². The van der Waals surface area contributed by atoms with Crippen molar-refractivity contribution in [2.24, 2.45) is 0 Å². The summed E-state index contributed by atoms with van der Waals surface area (Å²) >= 11 is 0. The van der Waals surface area contributed by atoms with E-state index in [1.807, 2.05) is 6.07 Å². The molecule has 4 nitrogen and oxygen atoms in total. The summed E-state index contributed by atoms with van der Waals surface area (Å²) in [4.78, 5) is 0. The SMILES string of the molecule is COc1cc(-c2ccn[nH]2)ccc1O. The Morgan fingerprint density at radius 2 is 2.21 bits per heavy atom. The zero-order chi connectivity index (χ0) is 9.97. The fraction of sp³-hybridized carbons (Fsp3) is 0.100. The highest BCUT2D eigenvalue weighted by atomic mass is 16.5. The predicted molar refractivity (Wildman–Crippen MR) is 52.2 cm³/mol. The summed E-state index contributed by atoms with van der Waals surface area (Å²) in [5.41, 5.74) is 1.82. The van der Waals surface area contributed by atoms with Gasteiger partial charge in [-0.25, -0.2) is 0 Å². The second-order valence-electron chi connectivity index (χ2n) is 2.86. The minimum atomic E-state index is 0.135. The first-order chi connectivity index (χ1) is 6.81. The molecule has 4 heteroatoms. The van der Waals surface area contributed by atoms with Crippen molar-refractivity contribution in [3.05, 3.63) is 30.5 Å². The first kappa shape index (κ1) is 8.62. The van der Waals surface area contributed by atoms with Gasteiger partial charge in [-0.15, -0.1) is 0 Å². The monoisotopic (exact) mass is 190 g/mol. The fourth-order valence-corrected chi connectivity index (χ4v) is 1.26. The van der Waals surface area contributed by atoms with Crippen molar-refractivity contribution in [3.63, 3.8) is 0 Å². The van der Waals surface area contributed by atoms with Crippen LogP contribution < -0.4 is 4.74 Å². The van der Waals surface area contributed by atoms with Gasteiger partial charge in [0.1, 0.15) is 0 Å². The van der Waals surface area contributed by atoms with Gasteiger partial charge in [-0.3, -0.25) is 5.10 Å². The van der Waals surface area contributed by atoms with E-state index in [1.165, 1.54) is 7.11 Å². The molecule has 0 radical (unpaired) electrons. The highest BCUT2D eigenvalue weighted by Gasteiger charge is 2.04. The Bertz CT molecular complexity index is 424. The van der Waals surface area contributed by atoms with Crippen molar-refractivity contribution in [2.45, 2.75) is 0 Å². The molecule has 0 aliphatic rings. The Morgan fingerprint density at radius 1 is 1.36 bits per heavy atom. The van der Waals surface area contributed by atoms with Crippen LogP contribution in [0, 0.1) is 0 Å². The minimum Gasteiger partial charge on any atom is -0.504 e. The van der Waals surface area contributed by atoms with E-state index in [0.29, 0.717) is 5.75 Å². The van der Waals surface area contributed by atoms with Gasteiger partial charge in [-0.05, 0) is 24.3 Å². The number of aromatic hydroxyl groups is 1. The maximum Gasteiger partial charge on any atom is 0.161 e. The summed E-state index contributed by atoms with van der Waals surface area (Å²) in [6.45, 7) is 0. The van der Waals surface area contributed by atoms with Gasteiger partial charge in [0.2, 0.25) is 0 Å². The molecule has 1 heterocycles. The Hall–Kier alpha value is -1.97. The molecule has 2 aromatic rings. The number of ether oxygens (including phenoxy) is 1. The summed E-state index contributed by atoms with van der Waals surface area (Å²) in [6, 6.07) is 7.00. The van der Waals surface area contributed by atoms with Crippen molar-refractivity contribution in [2.75, 3.05) is 7.11 Å². The zero-order valence-corrected chi connectivity index (χ0v) is 7.69. The first-order valence-electron chi connectivity index (χ1n) is 4.18. The van der Waals surface area contributed by atoms with E-state index in [0.717, 1.165) is 11.3 Å². The average molecular weight is 190 g/mol. The molecule has 2 N–H and O–H groups in total. The van der Waals surface area contributed by atoms with Crippen molar-refractivity contribution >= 4 is 0 Å². The number of aromatic nitrogens is 2. The Kier molecular flexibility index (Phi) is 2.10. The quantitative estimate of drug-likeness (QED) is 0.759. The van der Waals surface area contributed by atoms with Gasteiger partial charge in [0, 0.05) is 11.8 Å². The smallest absolute Gasteiger partial charge is 0.161 e. The number of aromatic amines is 1. The van der Waals surface area contributed by atoms with Gasteiger partial charge >= 0.3 is 0 Å². The first-order valence-corrected chi connectivity index (χ1v) is 4.18. The number of hydrogen-bond acceptors (Lipinski definition) is 3. The number of benzene rings is 1. The molecule has 1 aromatic heterocycles. The third-order valence-corrected chi connectivity index (χ3v) is 1.99. The molecular weight excluding hydrogens is 180 g/mol. The van der Waals surface area contributed by atoms with E-state index in [-0.39, 0.29) is 5.75 Å². The summed E-state index contributed by atoms with van der Waals surface area (Å²) in [6.07, 6.45) is 1.68. The molecule has 0 unspecified atom stereocenters. The van der Waals surface area contributed by atoms with Crippen molar-refractivity contribution < 1.29 is 9.84 Å². The topological polar surface area (TPSA) is 58.1 Å². The Balaban J connectivity index is 2.46. The largest absolute Gasteiger partial charge is 0.504 e. The van der Waals surface area contributed by atoms with E-state index in [2.05, 4.69) is 10.2 Å². The molecule has 0 aliphatic carbocycles. The van der Waals surface area contributed by atoms with E-state index < -0.39 is 0 Å². The summed E-state index contributed by atoms with van der Waals surface area (Å²) in [5.74, 6) is 0.591. The minimum absolute atomic E-state index is 0.135. The molecule has 0 amide bonds. The van der Waals surface area contributed by atoms with Gasteiger partial charge < -0.3 is 9.84 Å². The van der Waals surface area contributed by atoms with Gasteiger partial charge in [-0.2, -0.15) is 5.10 Å². The maximum atomic E-state index is 9.38. The summed E-state index contributed by atoms with van der Waals surface area (Å²) in [7, 11) is 1.52. The number of phenolic OH excluding ortho intramolecular Hbond substituents is 1. The molecule has 0 saturated carbocycles. The standard InChI is InChI=1S/C10H10N2O2/c1-14-10-6-7(2-3-9(10)13)8-4-5-11-12-8/h2-6,13H,1H3,(H,11,12). The number of rotatable bonds is 2. The Morgan fingerprint density at radius 3 is 2.86 bits per heavy atom. The lowest BCUT2D eigenvalue weighted by atomic mass is 10.1. The van der Waals surface area contributed by atoms with Crippen LogP contribution in [-0.2, 0) is 0 Å². The van der Waals surface area contributed by atoms with Gasteiger partial charge in [0.25, 0.3) is 0 Å². The van der Waals surface area contributed by atoms with Crippen LogP contribution in [0.5, 0.6) is 11.5 Å². The van der Waals surface area contributed by atoms with Gasteiger partial charge in [-0.1, -0.05) is 0 Å². The number of nitrogens with one attached hydrogen (secondary N) is 1. The van der Waals surface area contributed by atoms with Gasteiger partial charge in [0.15, 0.2) is 11.5 Å². The van der Waals surface area contributed by atoms with Crippen LogP contribution in [0.4, 0.5) is 0 Å².